The summed E-state index contributed by atoms with van der Waals surface area (Å²) in [5, 5.41) is 4.13. The largest absolute Gasteiger partial charge is 0.462 e. The number of benzene rings is 1. The first kappa shape index (κ1) is 18.3. The Balaban J connectivity index is 1.73. The Morgan fingerprint density at radius 1 is 1.11 bits per heavy atom. The van der Waals surface area contributed by atoms with Crippen molar-refractivity contribution >= 4 is 12.3 Å². The number of esters is 1. The van der Waals surface area contributed by atoms with Crippen molar-refractivity contribution in [3.63, 3.8) is 0 Å². The second kappa shape index (κ2) is 8.27. The van der Waals surface area contributed by atoms with Gasteiger partial charge < -0.3 is 9.30 Å². The normalized spacial score (nSPS) is 10.6. The molecule has 0 N–H and O–H groups in total. The molecule has 3 aromatic rings. The molecule has 1 aromatic carbocycles. The fourth-order valence-electron chi connectivity index (χ4n) is 2.70. The van der Waals surface area contributed by atoms with Gasteiger partial charge in [0.2, 0.25) is 0 Å². The molecule has 138 valence electrons. The molecule has 3 rings (SSSR count). The monoisotopic (exact) mass is 365 g/mol. The topological polar surface area (TPSA) is 83.2 Å². The van der Waals surface area contributed by atoms with E-state index in [2.05, 4.69) is 5.10 Å². The van der Waals surface area contributed by atoms with Crippen LogP contribution in [-0.2, 0) is 17.8 Å². The van der Waals surface area contributed by atoms with Crippen LogP contribution in [0, 0.1) is 0 Å². The summed E-state index contributed by atoms with van der Waals surface area (Å²) in [6, 6.07) is 12.8. The molecule has 0 spiro atoms. The molecule has 0 atom stereocenters. The average molecular weight is 365 g/mol. The lowest BCUT2D eigenvalue weighted by molar-refractivity contribution is 0.0524. The zero-order chi connectivity index (χ0) is 19.2. The van der Waals surface area contributed by atoms with Crippen molar-refractivity contribution in [2.75, 3.05) is 6.61 Å². The molecular weight excluding hydrogens is 346 g/mol. The van der Waals surface area contributed by atoms with Gasteiger partial charge in [0.25, 0.3) is 5.56 Å². The van der Waals surface area contributed by atoms with Crippen LogP contribution < -0.4 is 5.56 Å². The van der Waals surface area contributed by atoms with Gasteiger partial charge in [-0.25, -0.2) is 4.79 Å². The Labute approximate surface area is 155 Å². The summed E-state index contributed by atoms with van der Waals surface area (Å²) in [5.74, 6) is -0.561. The number of rotatable bonds is 7. The fraction of sp³-hybridized carbons (Fsp3) is 0.200. The van der Waals surface area contributed by atoms with E-state index in [-0.39, 0.29) is 23.4 Å². The number of hydrogen-bond acceptors (Lipinski definition) is 5. The molecule has 2 aromatic heterocycles. The molecule has 0 radical (unpaired) electrons. The summed E-state index contributed by atoms with van der Waals surface area (Å²) in [4.78, 5) is 34.8. The van der Waals surface area contributed by atoms with E-state index in [1.54, 1.807) is 23.8 Å². The molecule has 0 bridgehead atoms. The van der Waals surface area contributed by atoms with E-state index < -0.39 is 5.97 Å². The van der Waals surface area contributed by atoms with Crippen LogP contribution in [0.2, 0.25) is 0 Å². The highest BCUT2D eigenvalue weighted by Gasteiger charge is 2.17. The molecule has 0 fully saturated rings. The van der Waals surface area contributed by atoms with Gasteiger partial charge in [-0.05, 0) is 24.1 Å². The number of hydrogen-bond donors (Lipinski definition) is 0. The van der Waals surface area contributed by atoms with Gasteiger partial charge in [-0.2, -0.15) is 5.10 Å². The summed E-state index contributed by atoms with van der Waals surface area (Å²) in [5.41, 5.74) is 2.12. The highest BCUT2D eigenvalue weighted by atomic mass is 16.5. The Morgan fingerprint density at radius 2 is 1.81 bits per heavy atom. The Bertz CT molecular complexity index is 1000. The predicted molar refractivity (Wildman–Crippen MR) is 98.9 cm³/mol. The molecule has 7 heteroatoms. The number of aromatic nitrogens is 3. The second-order valence-corrected chi connectivity index (χ2v) is 5.95. The van der Waals surface area contributed by atoms with Crippen molar-refractivity contribution in [3.05, 3.63) is 87.6 Å². The molecule has 0 amide bonds. The van der Waals surface area contributed by atoms with Crippen LogP contribution in [0.15, 0.2) is 59.7 Å². The van der Waals surface area contributed by atoms with Crippen molar-refractivity contribution in [2.45, 2.75) is 20.0 Å². The van der Waals surface area contributed by atoms with Crippen molar-refractivity contribution in [3.8, 4) is 0 Å². The molecular formula is C20H19N3O4. The summed E-state index contributed by atoms with van der Waals surface area (Å²) in [6.45, 7) is 2.83. The first-order chi connectivity index (χ1) is 13.1. The predicted octanol–water partition coefficient (Wildman–Crippen LogP) is 2.13. The Kier molecular flexibility index (Phi) is 5.61. The minimum absolute atomic E-state index is 0.0500. The van der Waals surface area contributed by atoms with Crippen LogP contribution >= 0.6 is 0 Å². The van der Waals surface area contributed by atoms with E-state index in [9.17, 15) is 14.4 Å². The van der Waals surface area contributed by atoms with Crippen LogP contribution in [0.25, 0.3) is 0 Å². The zero-order valence-electron chi connectivity index (χ0n) is 14.9. The maximum Gasteiger partial charge on any atom is 0.342 e. The minimum Gasteiger partial charge on any atom is -0.462 e. The van der Waals surface area contributed by atoms with Gasteiger partial charge in [-0.15, -0.1) is 0 Å². The Hall–Kier alpha value is -3.48. The molecule has 0 saturated carbocycles. The maximum absolute atomic E-state index is 11.9. The van der Waals surface area contributed by atoms with E-state index in [0.717, 1.165) is 11.1 Å². The van der Waals surface area contributed by atoms with Crippen LogP contribution in [0.4, 0.5) is 0 Å². The third-order valence-electron chi connectivity index (χ3n) is 4.02. The van der Waals surface area contributed by atoms with Crippen molar-refractivity contribution in [1.29, 1.82) is 0 Å². The highest BCUT2D eigenvalue weighted by Crippen LogP contribution is 2.11. The highest BCUT2D eigenvalue weighted by molar-refractivity contribution is 5.96. The van der Waals surface area contributed by atoms with Gasteiger partial charge >= 0.3 is 5.97 Å². The molecule has 27 heavy (non-hydrogen) atoms. The van der Waals surface area contributed by atoms with Gasteiger partial charge in [-0.3, -0.25) is 14.3 Å². The van der Waals surface area contributed by atoms with Crippen molar-refractivity contribution in [2.24, 2.45) is 0 Å². The lowest BCUT2D eigenvalue weighted by atomic mass is 10.1. The van der Waals surface area contributed by atoms with Crippen LogP contribution in [0.5, 0.6) is 0 Å². The fourth-order valence-corrected chi connectivity index (χ4v) is 2.70. The van der Waals surface area contributed by atoms with Crippen LogP contribution in [-0.4, -0.2) is 33.2 Å². The molecule has 0 aliphatic heterocycles. The second-order valence-electron chi connectivity index (χ2n) is 5.95. The summed E-state index contributed by atoms with van der Waals surface area (Å²) in [6.07, 6.45) is 3.81. The summed E-state index contributed by atoms with van der Waals surface area (Å²) < 4.78 is 8.10. The third kappa shape index (κ3) is 4.38. The van der Waals surface area contributed by atoms with Crippen LogP contribution in [0.1, 0.15) is 38.9 Å². The third-order valence-corrected chi connectivity index (χ3v) is 4.02. The summed E-state index contributed by atoms with van der Waals surface area (Å²) >= 11 is 0. The molecule has 0 unspecified atom stereocenters. The Morgan fingerprint density at radius 3 is 2.44 bits per heavy atom. The van der Waals surface area contributed by atoms with Gasteiger partial charge in [0, 0.05) is 18.5 Å². The van der Waals surface area contributed by atoms with E-state index in [0.29, 0.717) is 19.4 Å². The van der Waals surface area contributed by atoms with Gasteiger partial charge in [-0.1, -0.05) is 30.3 Å². The minimum atomic E-state index is -0.561. The quantitative estimate of drug-likeness (QED) is 0.473. The van der Waals surface area contributed by atoms with Gasteiger partial charge in [0.1, 0.15) is 11.3 Å². The lowest BCUT2D eigenvalue weighted by Crippen LogP contribution is -2.18. The van der Waals surface area contributed by atoms with Gasteiger partial charge in [0.15, 0.2) is 6.29 Å². The standard InChI is InChI=1S/C20H19N3O4/c1-2-27-20(26)17-13-23(21-18(17)14-24)12-16-8-6-15(7-9-16)11-22-10-4-3-5-19(22)25/h3-10,13-14H,2,11-12H2,1H3. The number of ether oxygens (including phenoxy) is 1. The first-order valence-corrected chi connectivity index (χ1v) is 8.53. The molecule has 0 aliphatic rings. The van der Waals surface area contributed by atoms with E-state index in [4.69, 9.17) is 4.74 Å². The number of aldehydes is 1. The molecule has 0 aliphatic carbocycles. The number of carbonyl (C=O) groups is 2. The maximum atomic E-state index is 11.9. The smallest absolute Gasteiger partial charge is 0.342 e. The van der Waals surface area contributed by atoms with Crippen LogP contribution in [0.3, 0.4) is 0 Å². The van der Waals surface area contributed by atoms with E-state index >= 15 is 0 Å². The zero-order valence-corrected chi connectivity index (χ0v) is 14.9. The molecule has 7 nitrogen and oxygen atoms in total. The van der Waals surface area contributed by atoms with Gasteiger partial charge in [0.05, 0.1) is 19.7 Å². The molecule has 2 heterocycles. The SMILES string of the molecule is CCOC(=O)c1cn(Cc2ccc(Cn3ccccc3=O)cc2)nc1C=O. The number of nitrogens with zero attached hydrogens (tertiary/aromatic N) is 3. The lowest BCUT2D eigenvalue weighted by Gasteiger charge is -2.07. The first-order valence-electron chi connectivity index (χ1n) is 8.53. The molecule has 0 saturated heterocycles. The van der Waals surface area contributed by atoms with E-state index in [1.807, 2.05) is 30.3 Å². The van der Waals surface area contributed by atoms with Crippen molar-refractivity contribution in [1.82, 2.24) is 14.3 Å². The summed E-state index contributed by atoms with van der Waals surface area (Å²) in [7, 11) is 0. The average Bonchev–Trinajstić information content (AvgIpc) is 3.08. The number of pyridine rings is 1. The number of carbonyl (C=O) groups excluding carboxylic acids is 2. The van der Waals surface area contributed by atoms with E-state index in [1.165, 1.54) is 16.9 Å². The van der Waals surface area contributed by atoms with Crippen molar-refractivity contribution < 1.29 is 14.3 Å².